The van der Waals surface area contributed by atoms with Gasteiger partial charge in [0.25, 0.3) is 6.08 Å². The third kappa shape index (κ3) is 2.89. The molecule has 3 aliphatic rings. The standard InChI is InChI=1S/C15H15F3N2O/c16-12(17)5-10-2-1-3-11(4-10)6-19-13(21)20-15-7-14(18,8-15)9-15/h1-5H,6-9H2,(H2,19,20,21). The SMILES string of the molecule is O=C(NCc1cccc(C=C(F)F)c1)NC12CC(F)(C1)C2. The number of hydrogen-bond donors (Lipinski definition) is 2. The molecule has 0 heterocycles. The summed E-state index contributed by atoms with van der Waals surface area (Å²) < 4.78 is 37.7. The Kier molecular flexibility index (Phi) is 3.19. The van der Waals surface area contributed by atoms with Gasteiger partial charge in [0, 0.05) is 31.9 Å². The summed E-state index contributed by atoms with van der Waals surface area (Å²) in [4.78, 5) is 11.7. The number of halogens is 3. The van der Waals surface area contributed by atoms with Crippen LogP contribution < -0.4 is 10.6 Å². The lowest BCUT2D eigenvalue weighted by molar-refractivity contribution is -0.162. The number of benzene rings is 1. The van der Waals surface area contributed by atoms with Crippen LogP contribution in [0.15, 0.2) is 30.3 Å². The maximum atomic E-state index is 13.3. The molecule has 0 saturated heterocycles. The second-order valence-electron chi connectivity index (χ2n) is 5.95. The van der Waals surface area contributed by atoms with E-state index in [1.807, 2.05) is 0 Å². The molecule has 2 amide bonds. The summed E-state index contributed by atoms with van der Waals surface area (Å²) in [6, 6.07) is 6.18. The Bertz CT molecular complexity index is 591. The highest BCUT2D eigenvalue weighted by Crippen LogP contribution is 2.62. The topological polar surface area (TPSA) is 41.1 Å². The molecule has 4 rings (SSSR count). The van der Waals surface area contributed by atoms with Gasteiger partial charge in [-0.2, -0.15) is 8.78 Å². The Morgan fingerprint density at radius 3 is 2.62 bits per heavy atom. The van der Waals surface area contributed by atoms with E-state index in [4.69, 9.17) is 0 Å². The van der Waals surface area contributed by atoms with E-state index in [0.29, 0.717) is 24.8 Å². The van der Waals surface area contributed by atoms with Gasteiger partial charge in [0.1, 0.15) is 5.67 Å². The number of nitrogens with one attached hydrogen (secondary N) is 2. The van der Waals surface area contributed by atoms with E-state index >= 15 is 0 Å². The highest BCUT2D eigenvalue weighted by atomic mass is 19.3. The first-order chi connectivity index (χ1) is 9.88. The lowest BCUT2D eigenvalue weighted by Crippen LogP contribution is -2.77. The average Bonchev–Trinajstić information content (AvgIpc) is 2.33. The first kappa shape index (κ1) is 14.0. The Labute approximate surface area is 120 Å². The summed E-state index contributed by atoms with van der Waals surface area (Å²) in [6.07, 6.45) is 0.185. The van der Waals surface area contributed by atoms with Crippen molar-refractivity contribution in [2.45, 2.75) is 37.0 Å². The van der Waals surface area contributed by atoms with Crippen LogP contribution in [0.2, 0.25) is 0 Å². The number of amides is 2. The van der Waals surface area contributed by atoms with Crippen molar-refractivity contribution in [1.82, 2.24) is 10.6 Å². The van der Waals surface area contributed by atoms with Gasteiger partial charge in [-0.1, -0.05) is 18.2 Å². The van der Waals surface area contributed by atoms with E-state index in [9.17, 15) is 18.0 Å². The van der Waals surface area contributed by atoms with Gasteiger partial charge in [-0.25, -0.2) is 9.18 Å². The highest BCUT2D eigenvalue weighted by molar-refractivity contribution is 5.75. The fourth-order valence-electron chi connectivity index (χ4n) is 3.18. The molecule has 3 fully saturated rings. The first-order valence-corrected chi connectivity index (χ1v) is 6.75. The van der Waals surface area contributed by atoms with Crippen molar-refractivity contribution >= 4 is 12.1 Å². The molecule has 0 atom stereocenters. The van der Waals surface area contributed by atoms with E-state index in [1.54, 1.807) is 24.3 Å². The van der Waals surface area contributed by atoms with Crippen LogP contribution >= 0.6 is 0 Å². The van der Waals surface area contributed by atoms with Crippen LogP contribution in [0.4, 0.5) is 18.0 Å². The molecular formula is C15H15F3N2O. The number of carbonyl (C=O) groups is 1. The number of rotatable bonds is 4. The van der Waals surface area contributed by atoms with Crippen LogP contribution in [0.25, 0.3) is 6.08 Å². The highest BCUT2D eigenvalue weighted by Gasteiger charge is 2.69. The molecule has 0 radical (unpaired) electrons. The summed E-state index contributed by atoms with van der Waals surface area (Å²) in [5.74, 6) is 0. The van der Waals surface area contributed by atoms with E-state index < -0.39 is 11.7 Å². The van der Waals surface area contributed by atoms with Gasteiger partial charge in [0.15, 0.2) is 0 Å². The van der Waals surface area contributed by atoms with Crippen molar-refractivity contribution < 1.29 is 18.0 Å². The van der Waals surface area contributed by atoms with Crippen LogP contribution in [0, 0.1) is 0 Å². The zero-order chi connectivity index (χ0) is 15.1. The maximum absolute atomic E-state index is 13.3. The molecule has 0 aliphatic heterocycles. The van der Waals surface area contributed by atoms with Gasteiger partial charge in [0.2, 0.25) is 0 Å². The normalized spacial score (nSPS) is 28.9. The summed E-state index contributed by atoms with van der Waals surface area (Å²) in [5.41, 5.74) is -0.307. The third-order valence-electron chi connectivity index (χ3n) is 4.02. The van der Waals surface area contributed by atoms with E-state index in [1.165, 1.54) is 0 Å². The van der Waals surface area contributed by atoms with Crippen molar-refractivity contribution in [1.29, 1.82) is 0 Å². The Morgan fingerprint density at radius 2 is 2.00 bits per heavy atom. The van der Waals surface area contributed by atoms with Crippen molar-refractivity contribution in [3.05, 3.63) is 41.5 Å². The monoisotopic (exact) mass is 296 g/mol. The van der Waals surface area contributed by atoms with Gasteiger partial charge in [-0.15, -0.1) is 0 Å². The van der Waals surface area contributed by atoms with E-state index in [0.717, 1.165) is 11.6 Å². The molecule has 2 bridgehead atoms. The molecule has 6 heteroatoms. The van der Waals surface area contributed by atoms with E-state index in [2.05, 4.69) is 10.6 Å². The number of carbonyl (C=O) groups excluding carboxylic acids is 1. The lowest BCUT2D eigenvalue weighted by Gasteiger charge is -2.65. The summed E-state index contributed by atoms with van der Waals surface area (Å²) in [7, 11) is 0. The molecule has 2 N–H and O–H groups in total. The molecule has 0 unspecified atom stereocenters. The second-order valence-corrected chi connectivity index (χ2v) is 5.95. The maximum Gasteiger partial charge on any atom is 0.315 e. The largest absolute Gasteiger partial charge is 0.334 e. The van der Waals surface area contributed by atoms with Crippen molar-refractivity contribution in [2.75, 3.05) is 0 Å². The smallest absolute Gasteiger partial charge is 0.315 e. The molecule has 21 heavy (non-hydrogen) atoms. The van der Waals surface area contributed by atoms with Crippen molar-refractivity contribution in [3.8, 4) is 0 Å². The Balaban J connectivity index is 1.51. The molecule has 112 valence electrons. The van der Waals surface area contributed by atoms with Gasteiger partial charge in [0.05, 0.1) is 5.54 Å². The van der Waals surface area contributed by atoms with Crippen molar-refractivity contribution in [3.63, 3.8) is 0 Å². The van der Waals surface area contributed by atoms with Gasteiger partial charge in [-0.05, 0) is 17.2 Å². The fraction of sp³-hybridized carbons (Fsp3) is 0.400. The van der Waals surface area contributed by atoms with Crippen LogP contribution in [-0.2, 0) is 6.54 Å². The summed E-state index contributed by atoms with van der Waals surface area (Å²) in [5, 5.41) is 5.44. The molecule has 1 aromatic rings. The lowest BCUT2D eigenvalue weighted by atomic mass is 9.47. The minimum absolute atomic E-state index is 0.234. The first-order valence-electron chi connectivity index (χ1n) is 6.75. The predicted octanol–water partition coefficient (Wildman–Crippen LogP) is 3.37. The fourth-order valence-corrected chi connectivity index (χ4v) is 3.18. The van der Waals surface area contributed by atoms with Gasteiger partial charge >= 0.3 is 6.03 Å². The molecule has 3 saturated carbocycles. The molecule has 3 nitrogen and oxygen atoms in total. The number of alkyl halides is 1. The molecule has 0 spiro atoms. The summed E-state index contributed by atoms with van der Waals surface area (Å²) in [6.45, 7) is 0.234. The molecule has 1 aromatic carbocycles. The van der Waals surface area contributed by atoms with Gasteiger partial charge < -0.3 is 10.6 Å². The average molecular weight is 296 g/mol. The number of urea groups is 1. The van der Waals surface area contributed by atoms with Crippen molar-refractivity contribution in [2.24, 2.45) is 0 Å². The molecule has 0 aromatic heterocycles. The zero-order valence-corrected chi connectivity index (χ0v) is 11.3. The van der Waals surface area contributed by atoms with Crippen LogP contribution in [0.1, 0.15) is 30.4 Å². The van der Waals surface area contributed by atoms with Gasteiger partial charge in [-0.3, -0.25) is 0 Å². The Hall–Kier alpha value is -1.98. The second kappa shape index (κ2) is 4.79. The summed E-state index contributed by atoms with van der Waals surface area (Å²) >= 11 is 0. The number of hydrogen-bond acceptors (Lipinski definition) is 1. The van der Waals surface area contributed by atoms with E-state index in [-0.39, 0.29) is 18.1 Å². The van der Waals surface area contributed by atoms with Crippen LogP contribution in [0.3, 0.4) is 0 Å². The minimum atomic E-state index is -1.76. The molecular weight excluding hydrogens is 281 g/mol. The van der Waals surface area contributed by atoms with Crippen LogP contribution in [-0.4, -0.2) is 17.2 Å². The predicted molar refractivity (Wildman–Crippen MR) is 72.4 cm³/mol. The third-order valence-corrected chi connectivity index (χ3v) is 4.02. The Morgan fingerprint density at radius 1 is 1.29 bits per heavy atom. The zero-order valence-electron chi connectivity index (χ0n) is 11.3. The minimum Gasteiger partial charge on any atom is -0.334 e. The molecule has 3 aliphatic carbocycles. The quantitative estimate of drug-likeness (QED) is 0.879. The van der Waals surface area contributed by atoms with Crippen LogP contribution in [0.5, 0.6) is 0 Å².